The number of thioether (sulfide) groups is 1. The molecule has 0 amide bonds. The number of aliphatic hydroxyl groups excluding tert-OH is 2. The van der Waals surface area contributed by atoms with Crippen LogP contribution in [0.4, 0.5) is 0 Å². The third-order valence-electron chi connectivity index (χ3n) is 2.26. The van der Waals surface area contributed by atoms with Crippen LogP contribution in [0.5, 0.6) is 0 Å². The van der Waals surface area contributed by atoms with Crippen molar-refractivity contribution in [3.63, 3.8) is 0 Å². The van der Waals surface area contributed by atoms with Gasteiger partial charge in [0, 0.05) is 17.3 Å². The van der Waals surface area contributed by atoms with Gasteiger partial charge in [0.15, 0.2) is 0 Å². The second-order valence-electron chi connectivity index (χ2n) is 3.86. The van der Waals surface area contributed by atoms with E-state index in [4.69, 9.17) is 10.2 Å². The molecule has 15 heavy (non-hydrogen) atoms. The van der Waals surface area contributed by atoms with Gasteiger partial charge in [0.05, 0.1) is 6.61 Å². The number of hydrogen-bond acceptors (Lipinski definition) is 3. The molecule has 0 heterocycles. The van der Waals surface area contributed by atoms with Crippen molar-refractivity contribution in [3.8, 4) is 0 Å². The second-order valence-corrected chi connectivity index (χ2v) is 4.92. The molecule has 0 radical (unpaired) electrons. The van der Waals surface area contributed by atoms with Gasteiger partial charge in [-0.25, -0.2) is 0 Å². The third-order valence-corrected chi connectivity index (χ3v) is 3.76. The molecule has 84 valence electrons. The Morgan fingerprint density at radius 2 is 2.07 bits per heavy atom. The Hall–Kier alpha value is -0.510. The zero-order chi connectivity index (χ0) is 11.3. The van der Waals surface area contributed by atoms with Crippen molar-refractivity contribution >= 4 is 11.8 Å². The van der Waals surface area contributed by atoms with Crippen molar-refractivity contribution < 1.29 is 10.2 Å². The van der Waals surface area contributed by atoms with Crippen LogP contribution in [0.15, 0.2) is 23.1 Å². The Morgan fingerprint density at radius 3 is 2.60 bits per heavy atom. The highest BCUT2D eigenvalue weighted by atomic mass is 32.2. The van der Waals surface area contributed by atoms with Gasteiger partial charge in [-0.3, -0.25) is 0 Å². The van der Waals surface area contributed by atoms with Crippen LogP contribution in [0.1, 0.15) is 18.1 Å². The van der Waals surface area contributed by atoms with Gasteiger partial charge in [-0.05, 0) is 30.0 Å². The van der Waals surface area contributed by atoms with Crippen LogP contribution in [-0.2, 0) is 6.61 Å². The summed E-state index contributed by atoms with van der Waals surface area (Å²) in [5.74, 6) is 1.25. The highest BCUT2D eigenvalue weighted by Gasteiger charge is 2.04. The van der Waals surface area contributed by atoms with Crippen LogP contribution in [0, 0.1) is 12.8 Å². The monoisotopic (exact) mass is 226 g/mol. The largest absolute Gasteiger partial charge is 0.396 e. The normalized spacial score (nSPS) is 12.8. The van der Waals surface area contributed by atoms with Crippen molar-refractivity contribution in [2.45, 2.75) is 25.3 Å². The average molecular weight is 226 g/mol. The summed E-state index contributed by atoms with van der Waals surface area (Å²) in [5, 5.41) is 17.9. The minimum atomic E-state index is 0.0961. The lowest BCUT2D eigenvalue weighted by molar-refractivity contribution is 0.250. The lowest BCUT2D eigenvalue weighted by Gasteiger charge is -2.10. The maximum absolute atomic E-state index is 8.97. The quantitative estimate of drug-likeness (QED) is 0.756. The van der Waals surface area contributed by atoms with Crippen LogP contribution in [-0.4, -0.2) is 22.6 Å². The fourth-order valence-electron chi connectivity index (χ4n) is 1.26. The Bertz CT molecular complexity index is 312. The van der Waals surface area contributed by atoms with Gasteiger partial charge in [0.1, 0.15) is 0 Å². The summed E-state index contributed by atoms with van der Waals surface area (Å²) in [7, 11) is 0. The van der Waals surface area contributed by atoms with Crippen molar-refractivity contribution in [2.75, 3.05) is 12.4 Å². The minimum absolute atomic E-state index is 0.0961. The van der Waals surface area contributed by atoms with Crippen LogP contribution < -0.4 is 0 Å². The van der Waals surface area contributed by atoms with Gasteiger partial charge in [-0.2, -0.15) is 0 Å². The predicted molar refractivity (Wildman–Crippen MR) is 64.1 cm³/mol. The molecular formula is C12H18O2S. The Morgan fingerprint density at radius 1 is 1.33 bits per heavy atom. The molecular weight excluding hydrogens is 208 g/mol. The lowest BCUT2D eigenvalue weighted by atomic mass is 10.1. The fraction of sp³-hybridized carbons (Fsp3) is 0.500. The maximum atomic E-state index is 8.97. The summed E-state index contributed by atoms with van der Waals surface area (Å²) in [4.78, 5) is 1.23. The fourth-order valence-corrected chi connectivity index (χ4v) is 2.28. The smallest absolute Gasteiger partial charge is 0.0681 e. The molecule has 0 aliphatic carbocycles. The van der Waals surface area contributed by atoms with E-state index >= 15 is 0 Å². The maximum Gasteiger partial charge on any atom is 0.0681 e. The van der Waals surface area contributed by atoms with Crippen LogP contribution in [0.25, 0.3) is 0 Å². The first-order chi connectivity index (χ1) is 7.17. The summed E-state index contributed by atoms with van der Waals surface area (Å²) in [6.45, 7) is 4.41. The summed E-state index contributed by atoms with van der Waals surface area (Å²) in [6, 6.07) is 5.99. The van der Waals surface area contributed by atoms with Gasteiger partial charge in [0.25, 0.3) is 0 Å². The number of aryl methyl sites for hydroxylation is 1. The van der Waals surface area contributed by atoms with Crippen LogP contribution >= 0.6 is 11.8 Å². The first-order valence-corrected chi connectivity index (χ1v) is 6.10. The van der Waals surface area contributed by atoms with Crippen molar-refractivity contribution in [1.82, 2.24) is 0 Å². The van der Waals surface area contributed by atoms with E-state index in [2.05, 4.69) is 0 Å². The van der Waals surface area contributed by atoms with Gasteiger partial charge in [-0.15, -0.1) is 11.8 Å². The Kier molecular flexibility index (Phi) is 5.15. The number of aliphatic hydroxyl groups is 2. The number of benzene rings is 1. The molecule has 1 aromatic rings. The minimum Gasteiger partial charge on any atom is -0.396 e. The predicted octanol–water partition coefficient (Wildman–Crippen LogP) is 2.21. The van der Waals surface area contributed by atoms with E-state index in [0.29, 0.717) is 5.92 Å². The molecule has 0 aromatic heterocycles. The molecule has 1 unspecified atom stereocenters. The Labute approximate surface area is 95.3 Å². The highest BCUT2D eigenvalue weighted by molar-refractivity contribution is 7.99. The van der Waals surface area contributed by atoms with E-state index in [-0.39, 0.29) is 13.2 Å². The number of rotatable bonds is 5. The molecule has 0 aliphatic rings. The summed E-state index contributed by atoms with van der Waals surface area (Å²) in [6.07, 6.45) is 0. The zero-order valence-electron chi connectivity index (χ0n) is 9.23. The summed E-state index contributed by atoms with van der Waals surface area (Å²) >= 11 is 1.76. The molecule has 0 aliphatic heterocycles. The van der Waals surface area contributed by atoms with Gasteiger partial charge < -0.3 is 10.2 Å². The van der Waals surface area contributed by atoms with E-state index in [1.165, 1.54) is 10.5 Å². The van der Waals surface area contributed by atoms with E-state index < -0.39 is 0 Å². The van der Waals surface area contributed by atoms with Crippen molar-refractivity contribution in [2.24, 2.45) is 5.92 Å². The average Bonchev–Trinajstić information content (AvgIpc) is 2.26. The molecule has 1 rings (SSSR count). The summed E-state index contributed by atoms with van der Waals surface area (Å²) < 4.78 is 0. The van der Waals surface area contributed by atoms with Crippen molar-refractivity contribution in [1.29, 1.82) is 0 Å². The van der Waals surface area contributed by atoms with Gasteiger partial charge >= 0.3 is 0 Å². The van der Waals surface area contributed by atoms with E-state index in [9.17, 15) is 0 Å². The topological polar surface area (TPSA) is 40.5 Å². The molecule has 0 bridgehead atoms. The molecule has 3 heteroatoms. The van der Waals surface area contributed by atoms with Crippen LogP contribution in [0.2, 0.25) is 0 Å². The standard InChI is InChI=1S/C12H18O2S/c1-9(6-13)8-15-12-4-3-11(7-14)5-10(12)2/h3-5,9,13-14H,6-8H2,1-2H3. The van der Waals surface area contributed by atoms with E-state index in [1.807, 2.05) is 32.0 Å². The molecule has 0 saturated heterocycles. The first kappa shape index (κ1) is 12.6. The molecule has 0 saturated carbocycles. The SMILES string of the molecule is Cc1cc(CO)ccc1SCC(C)CO. The van der Waals surface area contributed by atoms with Crippen molar-refractivity contribution in [3.05, 3.63) is 29.3 Å². The molecule has 1 aromatic carbocycles. The zero-order valence-corrected chi connectivity index (χ0v) is 10.0. The lowest BCUT2D eigenvalue weighted by Crippen LogP contribution is -2.03. The molecule has 2 nitrogen and oxygen atoms in total. The van der Waals surface area contributed by atoms with E-state index in [1.54, 1.807) is 11.8 Å². The van der Waals surface area contributed by atoms with Gasteiger partial charge in [0.2, 0.25) is 0 Å². The first-order valence-electron chi connectivity index (χ1n) is 5.11. The Balaban J connectivity index is 2.62. The second kappa shape index (κ2) is 6.16. The third kappa shape index (κ3) is 3.86. The molecule has 1 atom stereocenters. The van der Waals surface area contributed by atoms with Crippen LogP contribution in [0.3, 0.4) is 0 Å². The molecule has 0 spiro atoms. The molecule has 2 N–H and O–H groups in total. The number of hydrogen-bond donors (Lipinski definition) is 2. The summed E-state index contributed by atoms with van der Waals surface area (Å²) in [5.41, 5.74) is 2.14. The van der Waals surface area contributed by atoms with E-state index in [0.717, 1.165) is 11.3 Å². The molecule has 0 fully saturated rings. The highest BCUT2D eigenvalue weighted by Crippen LogP contribution is 2.25. The van der Waals surface area contributed by atoms with Gasteiger partial charge in [-0.1, -0.05) is 19.1 Å².